The Hall–Kier alpha value is -2.26. The number of nitrogens with one attached hydrogen (secondary N) is 1. The first-order valence-corrected chi connectivity index (χ1v) is 7.53. The van der Waals surface area contributed by atoms with Crippen molar-refractivity contribution in [3.8, 4) is 0 Å². The number of hydrogen-bond acceptors (Lipinski definition) is 5. The molecule has 0 bridgehead atoms. The highest BCUT2D eigenvalue weighted by molar-refractivity contribution is 7.89. The van der Waals surface area contributed by atoms with E-state index in [9.17, 15) is 13.2 Å². The van der Waals surface area contributed by atoms with Crippen molar-refractivity contribution in [3.05, 3.63) is 42.5 Å². The molecule has 0 saturated carbocycles. The summed E-state index contributed by atoms with van der Waals surface area (Å²) < 4.78 is 27.9. The number of carboxylic acid groups (broad SMARTS) is 1. The Morgan fingerprint density at radius 2 is 2.24 bits per heavy atom. The molecule has 0 radical (unpaired) electrons. The van der Waals surface area contributed by atoms with Gasteiger partial charge in [-0.15, -0.1) is 0 Å². The summed E-state index contributed by atoms with van der Waals surface area (Å²) in [6.07, 6.45) is 5.45. The lowest BCUT2D eigenvalue weighted by atomic mass is 10.2. The van der Waals surface area contributed by atoms with E-state index in [1.54, 1.807) is 31.5 Å². The van der Waals surface area contributed by atoms with E-state index in [0.29, 0.717) is 0 Å². The van der Waals surface area contributed by atoms with Crippen LogP contribution in [0.25, 0.3) is 0 Å². The van der Waals surface area contributed by atoms with Gasteiger partial charge in [0.1, 0.15) is 11.4 Å². The summed E-state index contributed by atoms with van der Waals surface area (Å²) in [5, 5.41) is 12.3. The van der Waals surface area contributed by atoms with Gasteiger partial charge in [0.25, 0.3) is 0 Å². The van der Waals surface area contributed by atoms with Crippen molar-refractivity contribution >= 4 is 16.0 Å². The molecular formula is C12H14N4O4S. The molecule has 0 aliphatic rings. The van der Waals surface area contributed by atoms with E-state index in [4.69, 9.17) is 5.11 Å². The minimum absolute atomic E-state index is 0.0838. The van der Waals surface area contributed by atoms with Crippen LogP contribution < -0.4 is 4.72 Å². The maximum atomic E-state index is 12.2. The van der Waals surface area contributed by atoms with Crippen LogP contribution in [0.2, 0.25) is 0 Å². The maximum Gasteiger partial charge on any atom is 0.325 e. The smallest absolute Gasteiger partial charge is 0.325 e. The van der Waals surface area contributed by atoms with Crippen LogP contribution in [0.3, 0.4) is 0 Å². The summed E-state index contributed by atoms with van der Waals surface area (Å²) in [5.74, 6) is -1.10. The van der Waals surface area contributed by atoms with Gasteiger partial charge in [0.05, 0.1) is 6.20 Å². The van der Waals surface area contributed by atoms with Crippen molar-refractivity contribution in [2.45, 2.75) is 24.4 Å². The second-order valence-electron chi connectivity index (χ2n) is 4.40. The van der Waals surface area contributed by atoms with Crippen LogP contribution >= 0.6 is 0 Å². The van der Waals surface area contributed by atoms with E-state index in [1.807, 2.05) is 0 Å². The van der Waals surface area contributed by atoms with Crippen LogP contribution in [0, 0.1) is 0 Å². The molecule has 21 heavy (non-hydrogen) atoms. The van der Waals surface area contributed by atoms with E-state index in [2.05, 4.69) is 14.8 Å². The third-order valence-electron chi connectivity index (χ3n) is 2.73. The van der Waals surface area contributed by atoms with Crippen molar-refractivity contribution in [2.24, 2.45) is 0 Å². The summed E-state index contributed by atoms with van der Waals surface area (Å²) in [5.41, 5.74) is 0.721. The van der Waals surface area contributed by atoms with Crippen molar-refractivity contribution in [3.63, 3.8) is 0 Å². The summed E-state index contributed by atoms with van der Waals surface area (Å²) in [7, 11) is -3.78. The van der Waals surface area contributed by atoms with Gasteiger partial charge in [-0.1, -0.05) is 6.07 Å². The standard InChI is InChI=1S/C12H14N4O4S/c1-9(10-3-2-4-13-5-10)15-21(19,20)11-6-14-16(7-11)8-12(17)18/h2-7,9,15H,8H2,1H3,(H,17,18)/t9-/m0/s1. The summed E-state index contributed by atoms with van der Waals surface area (Å²) in [6.45, 7) is 1.30. The molecule has 0 saturated heterocycles. The van der Waals surface area contributed by atoms with Crippen molar-refractivity contribution < 1.29 is 18.3 Å². The third kappa shape index (κ3) is 3.86. The van der Waals surface area contributed by atoms with Gasteiger partial charge in [-0.2, -0.15) is 5.10 Å². The fraction of sp³-hybridized carbons (Fsp3) is 0.250. The van der Waals surface area contributed by atoms with Gasteiger partial charge in [-0.25, -0.2) is 13.1 Å². The summed E-state index contributed by atoms with van der Waals surface area (Å²) in [6, 6.07) is 3.01. The summed E-state index contributed by atoms with van der Waals surface area (Å²) in [4.78, 5) is 14.4. The average molecular weight is 310 g/mol. The monoisotopic (exact) mass is 310 g/mol. The lowest BCUT2D eigenvalue weighted by molar-refractivity contribution is -0.137. The number of carboxylic acids is 1. The van der Waals surface area contributed by atoms with Gasteiger partial charge in [-0.3, -0.25) is 14.5 Å². The number of aromatic nitrogens is 3. The molecule has 0 unspecified atom stereocenters. The molecule has 0 fully saturated rings. The van der Waals surface area contributed by atoms with E-state index >= 15 is 0 Å². The van der Waals surface area contributed by atoms with Gasteiger partial charge in [0.15, 0.2) is 0 Å². The molecule has 0 spiro atoms. The fourth-order valence-corrected chi connectivity index (χ4v) is 2.89. The van der Waals surface area contributed by atoms with Gasteiger partial charge >= 0.3 is 5.97 Å². The van der Waals surface area contributed by atoms with Crippen LogP contribution in [0.15, 0.2) is 41.8 Å². The van der Waals surface area contributed by atoms with E-state index in [0.717, 1.165) is 16.4 Å². The number of aliphatic carboxylic acids is 1. The van der Waals surface area contributed by atoms with Crippen LogP contribution in [-0.2, 0) is 21.4 Å². The second-order valence-corrected chi connectivity index (χ2v) is 6.11. The normalized spacial score (nSPS) is 13.0. The molecule has 2 N–H and O–H groups in total. The molecule has 0 aliphatic heterocycles. The Balaban J connectivity index is 2.15. The average Bonchev–Trinajstić information content (AvgIpc) is 2.88. The Morgan fingerprint density at radius 3 is 2.86 bits per heavy atom. The number of rotatable bonds is 6. The van der Waals surface area contributed by atoms with Crippen LogP contribution in [0.1, 0.15) is 18.5 Å². The highest BCUT2D eigenvalue weighted by Gasteiger charge is 2.20. The van der Waals surface area contributed by atoms with Crippen molar-refractivity contribution in [2.75, 3.05) is 0 Å². The number of nitrogens with zero attached hydrogens (tertiary/aromatic N) is 3. The summed E-state index contributed by atoms with van der Waals surface area (Å²) >= 11 is 0. The molecule has 0 amide bonds. The molecule has 8 nitrogen and oxygen atoms in total. The van der Waals surface area contributed by atoms with E-state index in [1.165, 1.54) is 6.20 Å². The molecule has 0 aromatic carbocycles. The molecule has 2 rings (SSSR count). The topological polar surface area (TPSA) is 114 Å². The zero-order valence-electron chi connectivity index (χ0n) is 11.2. The number of pyridine rings is 1. The Morgan fingerprint density at radius 1 is 1.48 bits per heavy atom. The third-order valence-corrected chi connectivity index (χ3v) is 4.23. The highest BCUT2D eigenvalue weighted by atomic mass is 32.2. The quantitative estimate of drug-likeness (QED) is 0.798. The first-order chi connectivity index (χ1) is 9.88. The molecule has 2 aromatic rings. The molecule has 0 aliphatic carbocycles. The number of hydrogen-bond donors (Lipinski definition) is 2. The van der Waals surface area contributed by atoms with E-state index in [-0.39, 0.29) is 4.90 Å². The minimum atomic E-state index is -3.78. The first-order valence-electron chi connectivity index (χ1n) is 6.05. The highest BCUT2D eigenvalue weighted by Crippen LogP contribution is 2.15. The van der Waals surface area contributed by atoms with Crippen LogP contribution in [0.4, 0.5) is 0 Å². The van der Waals surface area contributed by atoms with Gasteiger partial charge in [0.2, 0.25) is 10.0 Å². The van der Waals surface area contributed by atoms with Gasteiger partial charge in [-0.05, 0) is 18.6 Å². The predicted octanol–water partition coefficient (Wildman–Crippen LogP) is 0.402. The van der Waals surface area contributed by atoms with E-state index < -0.39 is 28.6 Å². The molecular weight excluding hydrogens is 296 g/mol. The lowest BCUT2D eigenvalue weighted by Crippen LogP contribution is -2.26. The fourth-order valence-electron chi connectivity index (χ4n) is 1.71. The predicted molar refractivity (Wildman–Crippen MR) is 72.8 cm³/mol. The van der Waals surface area contributed by atoms with Crippen molar-refractivity contribution in [1.29, 1.82) is 0 Å². The molecule has 2 heterocycles. The van der Waals surface area contributed by atoms with Crippen LogP contribution in [-0.4, -0.2) is 34.3 Å². The Labute approximate surface area is 121 Å². The SMILES string of the molecule is C[C@H](NS(=O)(=O)c1cnn(CC(=O)O)c1)c1cccnc1. The van der Waals surface area contributed by atoms with Gasteiger partial charge in [0, 0.05) is 24.6 Å². The molecule has 9 heteroatoms. The molecule has 2 aromatic heterocycles. The minimum Gasteiger partial charge on any atom is -0.480 e. The van der Waals surface area contributed by atoms with Crippen LogP contribution in [0.5, 0.6) is 0 Å². The maximum absolute atomic E-state index is 12.2. The zero-order valence-corrected chi connectivity index (χ0v) is 12.0. The lowest BCUT2D eigenvalue weighted by Gasteiger charge is -2.13. The second kappa shape index (κ2) is 6.02. The molecule has 1 atom stereocenters. The number of sulfonamides is 1. The zero-order chi connectivity index (χ0) is 15.5. The Bertz CT molecular complexity index is 727. The number of carbonyl (C=O) groups is 1. The first kappa shape index (κ1) is 15.1. The van der Waals surface area contributed by atoms with Gasteiger partial charge < -0.3 is 5.11 Å². The Kier molecular flexibility index (Phi) is 4.34. The molecule has 112 valence electrons. The van der Waals surface area contributed by atoms with Crippen molar-refractivity contribution in [1.82, 2.24) is 19.5 Å². The largest absolute Gasteiger partial charge is 0.480 e.